The number of carboxylic acid groups (broad SMARTS) is 1. The molecule has 0 aromatic heterocycles. The summed E-state index contributed by atoms with van der Waals surface area (Å²) in [5, 5.41) is 19.0. The van der Waals surface area contributed by atoms with Gasteiger partial charge in [0.15, 0.2) is 0 Å². The fourth-order valence-corrected chi connectivity index (χ4v) is 3.12. The second-order valence-corrected chi connectivity index (χ2v) is 6.76. The minimum absolute atomic E-state index is 0.00596. The predicted octanol–water partition coefficient (Wildman–Crippen LogP) is 6.33. The summed E-state index contributed by atoms with van der Waals surface area (Å²) in [4.78, 5) is 11.0. The molecule has 0 radical (unpaired) electrons. The number of unbranched alkanes of at least 4 members (excludes halogenated alkanes) is 11. The highest BCUT2D eigenvalue weighted by atomic mass is 16.4. The van der Waals surface area contributed by atoms with Crippen molar-refractivity contribution < 1.29 is 15.0 Å². The number of hydrogen-bond donors (Lipinski definition) is 2. The predicted molar refractivity (Wildman–Crippen MR) is 99.8 cm³/mol. The summed E-state index contributed by atoms with van der Waals surface area (Å²) >= 11 is 0. The molecule has 0 saturated carbocycles. The first-order chi connectivity index (χ1) is 11.7. The van der Waals surface area contributed by atoms with Gasteiger partial charge in [-0.15, -0.1) is 0 Å². The molecule has 1 rings (SSSR count). The van der Waals surface area contributed by atoms with Crippen molar-refractivity contribution >= 4 is 5.97 Å². The summed E-state index contributed by atoms with van der Waals surface area (Å²) < 4.78 is 0. The summed E-state index contributed by atoms with van der Waals surface area (Å²) in [5.74, 6) is -1.13. The van der Waals surface area contributed by atoms with E-state index in [1.807, 2.05) is 6.07 Å². The Bertz CT molecular complexity index is 468. The number of phenols is 1. The molecule has 0 unspecified atom stereocenters. The van der Waals surface area contributed by atoms with Gasteiger partial charge in [-0.05, 0) is 24.5 Å². The summed E-state index contributed by atoms with van der Waals surface area (Å²) in [6.45, 7) is 2.25. The van der Waals surface area contributed by atoms with Crippen molar-refractivity contribution in [2.45, 2.75) is 90.4 Å². The van der Waals surface area contributed by atoms with E-state index in [0.717, 1.165) is 24.8 Å². The number of rotatable bonds is 14. The number of aromatic carboxylic acids is 1. The minimum atomic E-state index is -1.07. The normalized spacial score (nSPS) is 10.9. The monoisotopic (exact) mass is 334 g/mol. The Balaban J connectivity index is 2.03. The van der Waals surface area contributed by atoms with Crippen molar-refractivity contribution in [1.82, 2.24) is 0 Å². The maximum Gasteiger partial charge on any atom is 0.339 e. The van der Waals surface area contributed by atoms with Crippen LogP contribution in [0.25, 0.3) is 0 Å². The summed E-state index contributed by atoms with van der Waals surface area (Å²) in [5.41, 5.74) is 0.758. The van der Waals surface area contributed by atoms with Crippen molar-refractivity contribution in [2.24, 2.45) is 0 Å². The molecule has 0 aliphatic carbocycles. The molecule has 3 heteroatoms. The third-order valence-electron chi connectivity index (χ3n) is 4.65. The van der Waals surface area contributed by atoms with Crippen molar-refractivity contribution in [1.29, 1.82) is 0 Å². The zero-order chi connectivity index (χ0) is 17.6. The zero-order valence-corrected chi connectivity index (χ0v) is 15.2. The number of para-hydroxylation sites is 1. The molecule has 24 heavy (non-hydrogen) atoms. The molecule has 0 aliphatic rings. The number of carboxylic acids is 1. The number of carbonyl (C=O) groups is 1. The second kappa shape index (κ2) is 12.9. The molecule has 0 fully saturated rings. The van der Waals surface area contributed by atoms with Crippen molar-refractivity contribution in [3.05, 3.63) is 29.3 Å². The maximum absolute atomic E-state index is 11.0. The average molecular weight is 335 g/mol. The van der Waals surface area contributed by atoms with Gasteiger partial charge in [0.25, 0.3) is 0 Å². The van der Waals surface area contributed by atoms with Crippen molar-refractivity contribution in [3.8, 4) is 5.75 Å². The van der Waals surface area contributed by atoms with Crippen LogP contribution in [0.3, 0.4) is 0 Å². The molecule has 0 saturated heterocycles. The quantitative estimate of drug-likeness (QED) is 0.391. The Kier molecular flexibility index (Phi) is 11.0. The van der Waals surface area contributed by atoms with Crippen LogP contribution in [0.2, 0.25) is 0 Å². The Hall–Kier alpha value is -1.51. The van der Waals surface area contributed by atoms with Crippen molar-refractivity contribution in [2.75, 3.05) is 0 Å². The molecule has 0 aliphatic heterocycles. The zero-order valence-electron chi connectivity index (χ0n) is 15.2. The van der Waals surface area contributed by atoms with E-state index >= 15 is 0 Å². The van der Waals surface area contributed by atoms with Crippen LogP contribution in [0, 0.1) is 0 Å². The third-order valence-corrected chi connectivity index (χ3v) is 4.65. The molecule has 0 amide bonds. The highest BCUT2D eigenvalue weighted by Crippen LogP contribution is 2.24. The van der Waals surface area contributed by atoms with Crippen LogP contribution in [-0.4, -0.2) is 16.2 Å². The van der Waals surface area contributed by atoms with Crippen LogP contribution in [0.1, 0.15) is 99.9 Å². The lowest BCUT2D eigenvalue weighted by Gasteiger charge is -2.07. The molecule has 0 atom stereocenters. The van der Waals surface area contributed by atoms with E-state index < -0.39 is 5.97 Å². The number of hydrogen-bond acceptors (Lipinski definition) is 2. The van der Waals surface area contributed by atoms with Crippen LogP contribution in [0.5, 0.6) is 5.75 Å². The van der Waals surface area contributed by atoms with Gasteiger partial charge in [-0.25, -0.2) is 4.79 Å². The lowest BCUT2D eigenvalue weighted by atomic mass is 10.0. The van der Waals surface area contributed by atoms with Crippen LogP contribution in [0.15, 0.2) is 18.2 Å². The third kappa shape index (κ3) is 8.37. The molecular formula is C21H34O3. The smallest absolute Gasteiger partial charge is 0.339 e. The fourth-order valence-electron chi connectivity index (χ4n) is 3.12. The molecule has 2 N–H and O–H groups in total. The van der Waals surface area contributed by atoms with Gasteiger partial charge in [0.1, 0.15) is 11.3 Å². The minimum Gasteiger partial charge on any atom is -0.507 e. The molecule has 0 heterocycles. The molecule has 136 valence electrons. The van der Waals surface area contributed by atoms with Gasteiger partial charge < -0.3 is 10.2 Å². The van der Waals surface area contributed by atoms with E-state index in [2.05, 4.69) is 6.92 Å². The van der Waals surface area contributed by atoms with E-state index in [1.54, 1.807) is 6.07 Å². The first-order valence-electron chi connectivity index (χ1n) is 9.71. The van der Waals surface area contributed by atoms with Crippen LogP contribution in [0.4, 0.5) is 0 Å². The largest absolute Gasteiger partial charge is 0.507 e. The van der Waals surface area contributed by atoms with Crippen LogP contribution in [-0.2, 0) is 6.42 Å². The Morgan fingerprint density at radius 1 is 0.833 bits per heavy atom. The molecule has 1 aromatic rings. The Morgan fingerprint density at radius 2 is 1.33 bits per heavy atom. The van der Waals surface area contributed by atoms with E-state index in [1.165, 1.54) is 70.3 Å². The van der Waals surface area contributed by atoms with E-state index in [-0.39, 0.29) is 11.3 Å². The van der Waals surface area contributed by atoms with Gasteiger partial charge >= 0.3 is 5.97 Å². The van der Waals surface area contributed by atoms with Gasteiger partial charge in [0, 0.05) is 0 Å². The second-order valence-electron chi connectivity index (χ2n) is 6.76. The van der Waals surface area contributed by atoms with Gasteiger partial charge in [0.2, 0.25) is 0 Å². The highest BCUT2D eigenvalue weighted by Gasteiger charge is 2.12. The van der Waals surface area contributed by atoms with Crippen LogP contribution < -0.4 is 0 Å². The van der Waals surface area contributed by atoms with Gasteiger partial charge in [-0.1, -0.05) is 89.7 Å². The first kappa shape index (κ1) is 20.5. The summed E-state index contributed by atoms with van der Waals surface area (Å²) in [6, 6.07) is 4.97. The Morgan fingerprint density at radius 3 is 1.83 bits per heavy atom. The fraction of sp³-hybridized carbons (Fsp3) is 0.667. The highest BCUT2D eigenvalue weighted by molar-refractivity contribution is 5.91. The van der Waals surface area contributed by atoms with E-state index in [4.69, 9.17) is 5.11 Å². The van der Waals surface area contributed by atoms with Crippen LogP contribution >= 0.6 is 0 Å². The van der Waals surface area contributed by atoms with Gasteiger partial charge in [0.05, 0.1) is 0 Å². The molecular weight excluding hydrogens is 300 g/mol. The SMILES string of the molecule is CCCCCCCCCCCCCCc1cccc(C(=O)O)c1O. The number of benzene rings is 1. The number of aryl methyl sites for hydroxylation is 1. The van der Waals surface area contributed by atoms with Crippen molar-refractivity contribution in [3.63, 3.8) is 0 Å². The lowest BCUT2D eigenvalue weighted by molar-refractivity contribution is 0.0693. The lowest BCUT2D eigenvalue weighted by Crippen LogP contribution is -1.99. The van der Waals surface area contributed by atoms with Gasteiger partial charge in [-0.2, -0.15) is 0 Å². The average Bonchev–Trinajstić information content (AvgIpc) is 2.57. The van der Waals surface area contributed by atoms with Gasteiger partial charge in [-0.3, -0.25) is 0 Å². The number of aromatic hydroxyl groups is 1. The first-order valence-corrected chi connectivity index (χ1v) is 9.71. The molecule has 3 nitrogen and oxygen atoms in total. The van der Waals surface area contributed by atoms with E-state index in [9.17, 15) is 9.90 Å². The summed E-state index contributed by atoms with van der Waals surface area (Å²) in [7, 11) is 0. The molecule has 0 spiro atoms. The summed E-state index contributed by atoms with van der Waals surface area (Å²) in [6.07, 6.45) is 16.4. The topological polar surface area (TPSA) is 57.5 Å². The molecule has 0 bridgehead atoms. The maximum atomic E-state index is 11.0. The molecule has 1 aromatic carbocycles. The Labute approximate surface area is 147 Å². The standard InChI is InChI=1S/C21H34O3/c1-2-3-4-5-6-7-8-9-10-11-12-13-15-18-16-14-17-19(20(18)22)21(23)24/h14,16-17,22H,2-13,15H2,1H3,(H,23,24). The van der Waals surface area contributed by atoms with E-state index in [0.29, 0.717) is 0 Å².